The van der Waals surface area contributed by atoms with Gasteiger partial charge in [-0.3, -0.25) is 19.2 Å². The van der Waals surface area contributed by atoms with Gasteiger partial charge in [-0.15, -0.1) is 0 Å². The number of nitrogens with one attached hydrogen (secondary N) is 4. The molecule has 0 fully saturated rings. The van der Waals surface area contributed by atoms with Gasteiger partial charge in [-0.2, -0.15) is 0 Å². The zero-order valence-corrected chi connectivity index (χ0v) is 29.0. The van der Waals surface area contributed by atoms with Gasteiger partial charge >= 0.3 is 0 Å². The van der Waals surface area contributed by atoms with E-state index in [0.29, 0.717) is 0 Å². The number of carbonyl (C=O) groups is 4. The Hall–Kier alpha value is -3.46. The van der Waals surface area contributed by atoms with Crippen LogP contribution in [0.4, 0.5) is 0 Å². The lowest BCUT2D eigenvalue weighted by molar-refractivity contribution is 0.0925. The monoisotopic (exact) mass is 846 g/mol. The smallest absolute Gasteiger partial charge is 0.270 e. The first-order valence-corrected chi connectivity index (χ1v) is 16.3. The minimum absolute atomic E-state index is 0.0987. The van der Waals surface area contributed by atoms with Crippen molar-refractivity contribution in [1.29, 1.82) is 0 Å². The molecule has 4 amide bonds. The number of aromatic nitrogens is 2. The Morgan fingerprint density at radius 1 is 0.432 bits per heavy atom. The van der Waals surface area contributed by atoms with E-state index in [-0.39, 0.29) is 49.0 Å². The molecule has 4 N–H and O–H groups in total. The molecule has 0 unspecified atom stereocenters. The maximum absolute atomic E-state index is 12.9. The van der Waals surface area contributed by atoms with Crippen LogP contribution in [0.5, 0.6) is 0 Å². The van der Waals surface area contributed by atoms with Crippen molar-refractivity contribution in [2.45, 2.75) is 26.2 Å². The molecule has 10 nitrogen and oxygen atoms in total. The Morgan fingerprint density at radius 2 is 0.659 bits per heavy atom. The third-order valence-electron chi connectivity index (χ3n) is 6.62. The highest BCUT2D eigenvalue weighted by Gasteiger charge is 2.17. The van der Waals surface area contributed by atoms with Gasteiger partial charge in [0.15, 0.2) is 0 Å². The normalized spacial score (nSPS) is 14.5. The molecule has 224 valence electrons. The fourth-order valence-corrected chi connectivity index (χ4v) is 6.36. The van der Waals surface area contributed by atoms with Crippen LogP contribution < -0.4 is 21.3 Å². The van der Waals surface area contributed by atoms with E-state index in [0.717, 1.165) is 40.1 Å². The fraction of sp³-hybridized carbons (Fsp3) is 0.133. The van der Waals surface area contributed by atoms with Crippen molar-refractivity contribution in [2.24, 2.45) is 0 Å². The lowest BCUT2D eigenvalue weighted by Gasteiger charge is -2.14. The Labute approximate surface area is 285 Å². The number of hydrogen-bond acceptors (Lipinski definition) is 6. The molecular weight excluding hydrogens is 828 g/mol. The molecule has 2 aromatic heterocycles. The van der Waals surface area contributed by atoms with Gasteiger partial charge in [0.25, 0.3) is 23.6 Å². The van der Waals surface area contributed by atoms with E-state index in [2.05, 4.69) is 95.0 Å². The first-order chi connectivity index (χ1) is 21.1. The van der Waals surface area contributed by atoms with Crippen LogP contribution in [0.1, 0.15) is 64.2 Å². The summed E-state index contributed by atoms with van der Waals surface area (Å²) in [4.78, 5) is 60.2. The third-order valence-corrected chi connectivity index (χ3v) is 9.57. The SMILES string of the molecule is O=C1NCc2cc(Br)c(cc2Br)CNC(=O)c2cccc(n2)C(=O)NCc2cc(Br)c(cc2Br)CNC(=O)c2cccc1n2. The van der Waals surface area contributed by atoms with Crippen molar-refractivity contribution in [1.82, 2.24) is 31.2 Å². The van der Waals surface area contributed by atoms with Crippen molar-refractivity contribution in [3.63, 3.8) is 0 Å². The lowest BCUT2D eigenvalue weighted by atomic mass is 10.1. The summed E-state index contributed by atoms with van der Waals surface area (Å²) in [6.45, 7) is 0.724. The summed E-state index contributed by atoms with van der Waals surface area (Å²) in [7, 11) is 0. The van der Waals surface area contributed by atoms with Crippen molar-refractivity contribution < 1.29 is 19.2 Å². The van der Waals surface area contributed by atoms with Crippen LogP contribution in [0, 0.1) is 0 Å². The zero-order chi connectivity index (χ0) is 31.4. The van der Waals surface area contributed by atoms with Crippen LogP contribution in [0.25, 0.3) is 0 Å². The van der Waals surface area contributed by atoms with Crippen LogP contribution in [0.3, 0.4) is 0 Å². The van der Waals surface area contributed by atoms with Gasteiger partial charge < -0.3 is 21.3 Å². The molecule has 4 aromatic rings. The topological polar surface area (TPSA) is 142 Å². The van der Waals surface area contributed by atoms with Gasteiger partial charge in [0, 0.05) is 44.1 Å². The predicted octanol–water partition coefficient (Wildman–Crippen LogP) is 5.56. The molecule has 6 heterocycles. The lowest BCUT2D eigenvalue weighted by Crippen LogP contribution is -2.28. The minimum Gasteiger partial charge on any atom is -0.347 e. The van der Waals surface area contributed by atoms with Crippen molar-refractivity contribution >= 4 is 87.3 Å². The highest BCUT2D eigenvalue weighted by molar-refractivity contribution is 9.11. The predicted molar refractivity (Wildman–Crippen MR) is 177 cm³/mol. The summed E-state index contributed by atoms with van der Waals surface area (Å²) in [5, 5.41) is 11.3. The zero-order valence-electron chi connectivity index (χ0n) is 22.6. The van der Waals surface area contributed by atoms with Crippen LogP contribution in [0.2, 0.25) is 0 Å². The Bertz CT molecular complexity index is 1560. The number of nitrogens with zero attached hydrogens (tertiary/aromatic N) is 2. The highest BCUT2D eigenvalue weighted by atomic mass is 79.9. The molecule has 0 spiro atoms. The van der Waals surface area contributed by atoms with Gasteiger partial charge in [-0.1, -0.05) is 75.9 Å². The van der Waals surface area contributed by atoms with E-state index in [1.807, 2.05) is 24.3 Å². The number of amides is 4. The van der Waals surface area contributed by atoms with Gasteiger partial charge in [0.05, 0.1) is 0 Å². The van der Waals surface area contributed by atoms with Gasteiger partial charge in [0.2, 0.25) is 0 Å². The molecule has 0 radical (unpaired) electrons. The maximum atomic E-state index is 12.9. The molecule has 2 aromatic carbocycles. The number of rotatable bonds is 0. The molecule has 0 saturated heterocycles. The molecular formula is C30H22Br4N6O4. The molecule has 4 aliphatic rings. The Kier molecular flexibility index (Phi) is 10.2. The third kappa shape index (κ3) is 7.60. The van der Waals surface area contributed by atoms with Crippen LogP contribution in [0.15, 0.2) is 78.6 Å². The number of halogens is 4. The van der Waals surface area contributed by atoms with E-state index >= 15 is 0 Å². The van der Waals surface area contributed by atoms with Gasteiger partial charge in [-0.05, 0) is 70.8 Å². The fourth-order valence-electron chi connectivity index (χ4n) is 4.24. The van der Waals surface area contributed by atoms with Crippen molar-refractivity contribution in [3.8, 4) is 0 Å². The van der Waals surface area contributed by atoms with Gasteiger partial charge in [0.1, 0.15) is 22.8 Å². The standard InChI is InChI=1S/C30H22Br4N6O4/c31-19-9-17-13-37-29(43)25-5-2-6-26(40-25)30(44)38-14-18-10-20(32)16(8-22(18)34)12-36-28(42)24-4-1-3-23(39-24)27(41)35-11-15(19)7-21(17)33/h1-10H,11-14H2,(H,35,41)(H,36,42)(H,37,43)(H,38,44). The van der Waals surface area contributed by atoms with E-state index in [1.165, 1.54) is 24.3 Å². The molecule has 8 bridgehead atoms. The number of carbonyl (C=O) groups excluding carboxylic acids is 4. The molecule has 0 atom stereocenters. The number of benzene rings is 2. The Morgan fingerprint density at radius 3 is 0.886 bits per heavy atom. The second-order valence-electron chi connectivity index (χ2n) is 9.62. The average molecular weight is 850 g/mol. The summed E-state index contributed by atoms with van der Waals surface area (Å²) < 4.78 is 2.87. The molecule has 44 heavy (non-hydrogen) atoms. The maximum Gasteiger partial charge on any atom is 0.270 e. The van der Waals surface area contributed by atoms with Gasteiger partial charge in [-0.25, -0.2) is 9.97 Å². The molecule has 14 heteroatoms. The highest BCUT2D eigenvalue weighted by Crippen LogP contribution is 2.27. The van der Waals surface area contributed by atoms with Crippen molar-refractivity contribution in [2.75, 3.05) is 0 Å². The van der Waals surface area contributed by atoms with Crippen LogP contribution in [-0.4, -0.2) is 33.6 Å². The summed E-state index contributed by atoms with van der Waals surface area (Å²) in [5.74, 6) is -1.76. The number of pyridine rings is 2. The quantitative estimate of drug-likeness (QED) is 0.183. The van der Waals surface area contributed by atoms with E-state index < -0.39 is 23.6 Å². The van der Waals surface area contributed by atoms with E-state index in [9.17, 15) is 19.2 Å². The first-order valence-electron chi connectivity index (χ1n) is 13.1. The first kappa shape index (κ1) is 31.9. The largest absolute Gasteiger partial charge is 0.347 e. The molecule has 8 rings (SSSR count). The van der Waals surface area contributed by atoms with Crippen LogP contribution in [-0.2, 0) is 26.2 Å². The molecule has 0 saturated carbocycles. The second-order valence-corrected chi connectivity index (χ2v) is 13.0. The number of hydrogen-bond donors (Lipinski definition) is 4. The minimum atomic E-state index is -0.440. The van der Waals surface area contributed by atoms with Crippen molar-refractivity contribution in [3.05, 3.63) is 124 Å². The summed E-state index contributed by atoms with van der Waals surface area (Å²) >= 11 is 14.2. The van der Waals surface area contributed by atoms with E-state index in [1.54, 1.807) is 12.1 Å². The molecule has 4 aliphatic heterocycles. The summed E-state index contributed by atoms with van der Waals surface area (Å²) in [5.41, 5.74) is 3.50. The van der Waals surface area contributed by atoms with Crippen LogP contribution >= 0.6 is 63.7 Å². The van der Waals surface area contributed by atoms with E-state index in [4.69, 9.17) is 0 Å². The summed E-state index contributed by atoms with van der Waals surface area (Å²) in [6.07, 6.45) is 0. The average Bonchev–Trinajstić information content (AvgIpc) is 3.02. The molecule has 0 aliphatic carbocycles. The summed E-state index contributed by atoms with van der Waals surface area (Å²) in [6, 6.07) is 16.7. The Balaban J connectivity index is 1.44. The second kappa shape index (κ2) is 14.1.